The van der Waals surface area contributed by atoms with Crippen LogP contribution in [0.2, 0.25) is 0 Å². The summed E-state index contributed by atoms with van der Waals surface area (Å²) >= 11 is 0. The van der Waals surface area contributed by atoms with Crippen LogP contribution in [-0.4, -0.2) is 34.8 Å². The number of carbonyl (C=O) groups is 2. The van der Waals surface area contributed by atoms with Crippen LogP contribution < -0.4 is 5.73 Å². The molecular weight excluding hydrogens is 374 g/mol. The van der Waals surface area contributed by atoms with Gasteiger partial charge in [0.1, 0.15) is 0 Å². The largest absolute Gasteiger partial charge is 0.369 e. The van der Waals surface area contributed by atoms with E-state index >= 15 is 0 Å². The van der Waals surface area contributed by atoms with E-state index in [1.54, 1.807) is 12.4 Å². The molecule has 0 unspecified atom stereocenters. The smallest absolute Gasteiger partial charge is 0.253 e. The molecule has 0 bridgehead atoms. The van der Waals surface area contributed by atoms with Gasteiger partial charge >= 0.3 is 0 Å². The summed E-state index contributed by atoms with van der Waals surface area (Å²) in [4.78, 5) is 31.0. The van der Waals surface area contributed by atoms with Gasteiger partial charge in [0.05, 0.1) is 5.41 Å². The molecule has 0 radical (unpaired) electrons. The molecule has 2 amide bonds. The Morgan fingerprint density at radius 2 is 1.47 bits per heavy atom. The van der Waals surface area contributed by atoms with Crippen LogP contribution in [0.3, 0.4) is 0 Å². The third-order valence-corrected chi connectivity index (χ3v) is 6.06. The van der Waals surface area contributed by atoms with Crippen molar-refractivity contribution >= 4 is 11.8 Å². The molecule has 1 saturated heterocycles. The van der Waals surface area contributed by atoms with E-state index in [2.05, 4.69) is 29.2 Å². The molecule has 5 heteroatoms. The highest BCUT2D eigenvalue weighted by Gasteiger charge is 2.41. The summed E-state index contributed by atoms with van der Waals surface area (Å²) in [6.45, 7) is 1.07. The molecule has 0 aliphatic carbocycles. The molecule has 0 spiro atoms. The molecule has 30 heavy (non-hydrogen) atoms. The minimum atomic E-state index is -0.619. The van der Waals surface area contributed by atoms with Crippen LogP contribution >= 0.6 is 0 Å². The standard InChI is InChI=1S/C25H25N3O2/c26-24(30)25(12-16-28(17-13-25)23(29)22-4-2-1-3-5-22)18-19-6-8-20(9-7-19)21-10-14-27-15-11-21/h1-11,14-15H,12-13,16-18H2,(H2,26,30). The van der Waals surface area contributed by atoms with Gasteiger partial charge < -0.3 is 10.6 Å². The van der Waals surface area contributed by atoms with E-state index in [9.17, 15) is 9.59 Å². The fourth-order valence-electron chi connectivity index (χ4n) is 4.16. The number of nitrogens with two attached hydrogens (primary N) is 1. The molecule has 0 saturated carbocycles. The Morgan fingerprint density at radius 1 is 0.867 bits per heavy atom. The lowest BCUT2D eigenvalue weighted by molar-refractivity contribution is -0.130. The van der Waals surface area contributed by atoms with Crippen LogP contribution in [0.15, 0.2) is 79.1 Å². The highest BCUT2D eigenvalue weighted by molar-refractivity contribution is 5.94. The fourth-order valence-corrected chi connectivity index (χ4v) is 4.16. The van der Waals surface area contributed by atoms with Gasteiger partial charge in [0.2, 0.25) is 5.91 Å². The molecule has 2 N–H and O–H groups in total. The second kappa shape index (κ2) is 8.49. The third-order valence-electron chi connectivity index (χ3n) is 6.06. The highest BCUT2D eigenvalue weighted by Crippen LogP contribution is 2.36. The number of amides is 2. The summed E-state index contributed by atoms with van der Waals surface area (Å²) in [6.07, 6.45) is 5.29. The normalized spacial score (nSPS) is 15.5. The van der Waals surface area contributed by atoms with Gasteiger partial charge in [-0.25, -0.2) is 0 Å². The first-order chi connectivity index (χ1) is 14.6. The Kier molecular flexibility index (Phi) is 5.61. The summed E-state index contributed by atoms with van der Waals surface area (Å²) in [5.74, 6) is -0.275. The van der Waals surface area contributed by atoms with Crippen molar-refractivity contribution in [1.29, 1.82) is 0 Å². The molecule has 1 aliphatic heterocycles. The number of hydrogen-bond acceptors (Lipinski definition) is 3. The van der Waals surface area contributed by atoms with Crippen LogP contribution in [0, 0.1) is 5.41 Å². The van der Waals surface area contributed by atoms with Gasteiger partial charge in [0.25, 0.3) is 5.91 Å². The number of aromatic nitrogens is 1. The Morgan fingerprint density at radius 3 is 2.07 bits per heavy atom. The predicted molar refractivity (Wildman–Crippen MR) is 117 cm³/mol. The zero-order valence-corrected chi connectivity index (χ0v) is 16.8. The van der Waals surface area contributed by atoms with E-state index in [4.69, 9.17) is 5.73 Å². The number of benzene rings is 2. The molecule has 3 aromatic rings. The lowest BCUT2D eigenvalue weighted by Gasteiger charge is -2.40. The second-order valence-electron chi connectivity index (χ2n) is 7.91. The van der Waals surface area contributed by atoms with Crippen molar-refractivity contribution in [2.24, 2.45) is 11.1 Å². The number of likely N-dealkylation sites (tertiary alicyclic amines) is 1. The second-order valence-corrected chi connectivity index (χ2v) is 7.91. The van der Waals surface area contributed by atoms with Crippen molar-refractivity contribution < 1.29 is 9.59 Å². The summed E-state index contributed by atoms with van der Waals surface area (Å²) in [5.41, 5.74) is 9.20. The average molecular weight is 399 g/mol. The molecule has 2 aromatic carbocycles. The van der Waals surface area contributed by atoms with Gasteiger partial charge in [-0.2, -0.15) is 0 Å². The fraction of sp³-hybridized carbons (Fsp3) is 0.240. The molecule has 4 rings (SSSR count). The number of hydrogen-bond donors (Lipinski definition) is 1. The van der Waals surface area contributed by atoms with Crippen LogP contribution in [0.1, 0.15) is 28.8 Å². The number of carbonyl (C=O) groups excluding carboxylic acids is 2. The van der Waals surface area contributed by atoms with E-state index < -0.39 is 5.41 Å². The first-order valence-corrected chi connectivity index (χ1v) is 10.2. The number of piperidine rings is 1. The monoisotopic (exact) mass is 399 g/mol. The Balaban J connectivity index is 1.46. The van der Waals surface area contributed by atoms with Crippen LogP contribution in [-0.2, 0) is 11.2 Å². The lowest BCUT2D eigenvalue weighted by Crippen LogP contribution is -2.49. The predicted octanol–water partition coefficient (Wildman–Crippen LogP) is 3.70. The van der Waals surface area contributed by atoms with Crippen molar-refractivity contribution in [3.63, 3.8) is 0 Å². The number of nitrogens with zero attached hydrogens (tertiary/aromatic N) is 2. The summed E-state index contributed by atoms with van der Waals surface area (Å²) < 4.78 is 0. The van der Waals surface area contributed by atoms with E-state index in [0.29, 0.717) is 37.9 Å². The molecule has 0 atom stereocenters. The first-order valence-electron chi connectivity index (χ1n) is 10.2. The molecule has 5 nitrogen and oxygen atoms in total. The molecule has 1 fully saturated rings. The summed E-state index contributed by atoms with van der Waals surface area (Å²) in [5, 5.41) is 0. The van der Waals surface area contributed by atoms with Gasteiger partial charge in [-0.05, 0) is 60.2 Å². The van der Waals surface area contributed by atoms with Gasteiger partial charge in [-0.3, -0.25) is 14.6 Å². The Bertz CT molecular complexity index is 1010. The quantitative estimate of drug-likeness (QED) is 0.711. The van der Waals surface area contributed by atoms with E-state index in [1.807, 2.05) is 47.4 Å². The first kappa shape index (κ1) is 19.8. The van der Waals surface area contributed by atoms with Crippen LogP contribution in [0.25, 0.3) is 11.1 Å². The van der Waals surface area contributed by atoms with Crippen molar-refractivity contribution in [3.05, 3.63) is 90.3 Å². The Hall–Kier alpha value is -3.47. The molecule has 1 aromatic heterocycles. The Labute approximate surface area is 176 Å². The highest BCUT2D eigenvalue weighted by atomic mass is 16.2. The van der Waals surface area contributed by atoms with Crippen molar-refractivity contribution in [1.82, 2.24) is 9.88 Å². The zero-order chi connectivity index (χ0) is 21.0. The van der Waals surface area contributed by atoms with Gasteiger partial charge in [-0.1, -0.05) is 42.5 Å². The maximum Gasteiger partial charge on any atom is 0.253 e. The van der Waals surface area contributed by atoms with Crippen molar-refractivity contribution in [3.8, 4) is 11.1 Å². The van der Waals surface area contributed by atoms with Gasteiger partial charge in [0.15, 0.2) is 0 Å². The van der Waals surface area contributed by atoms with Crippen molar-refractivity contribution in [2.75, 3.05) is 13.1 Å². The summed E-state index contributed by atoms with van der Waals surface area (Å²) in [6, 6.07) is 21.4. The number of primary amides is 1. The van der Waals surface area contributed by atoms with Crippen LogP contribution in [0.5, 0.6) is 0 Å². The minimum absolute atomic E-state index is 0.00961. The third kappa shape index (κ3) is 4.10. The van der Waals surface area contributed by atoms with Gasteiger partial charge in [-0.15, -0.1) is 0 Å². The van der Waals surface area contributed by atoms with Crippen LogP contribution in [0.4, 0.5) is 0 Å². The van der Waals surface area contributed by atoms with Crippen molar-refractivity contribution in [2.45, 2.75) is 19.3 Å². The summed E-state index contributed by atoms with van der Waals surface area (Å²) in [7, 11) is 0. The minimum Gasteiger partial charge on any atom is -0.369 e. The lowest BCUT2D eigenvalue weighted by atomic mass is 9.73. The SMILES string of the molecule is NC(=O)C1(Cc2ccc(-c3ccncc3)cc2)CCN(C(=O)c2ccccc2)CC1. The van der Waals surface area contributed by atoms with E-state index in [-0.39, 0.29) is 11.8 Å². The molecular formula is C25H25N3O2. The van der Waals surface area contributed by atoms with E-state index in [0.717, 1.165) is 16.7 Å². The van der Waals surface area contributed by atoms with E-state index in [1.165, 1.54) is 0 Å². The number of pyridine rings is 1. The molecule has 1 aliphatic rings. The zero-order valence-electron chi connectivity index (χ0n) is 16.8. The molecule has 152 valence electrons. The maximum absolute atomic E-state index is 12.7. The molecule has 2 heterocycles. The topological polar surface area (TPSA) is 76.3 Å². The number of rotatable bonds is 5. The average Bonchev–Trinajstić information content (AvgIpc) is 2.81. The van der Waals surface area contributed by atoms with Gasteiger partial charge in [0, 0.05) is 31.0 Å². The maximum atomic E-state index is 12.7.